The van der Waals surface area contributed by atoms with Gasteiger partial charge in [-0.15, -0.1) is 0 Å². The molecule has 1 saturated carbocycles. The van der Waals surface area contributed by atoms with Crippen molar-refractivity contribution in [2.24, 2.45) is 17.8 Å². The average Bonchev–Trinajstić information content (AvgIpc) is 3.51. The van der Waals surface area contributed by atoms with Crippen LogP contribution in [-0.2, 0) is 17.0 Å². The Balaban J connectivity index is 1.61. The summed E-state index contributed by atoms with van der Waals surface area (Å²) in [6, 6.07) is 1.74. The molecule has 200 valence electrons. The summed E-state index contributed by atoms with van der Waals surface area (Å²) in [6.45, 7) is 5.35. The molecule has 0 spiro atoms. The topological polar surface area (TPSA) is 125 Å². The van der Waals surface area contributed by atoms with E-state index in [9.17, 15) is 4.79 Å². The third-order valence-electron chi connectivity index (χ3n) is 7.94. The maximum atomic E-state index is 16.9. The summed E-state index contributed by atoms with van der Waals surface area (Å²) in [5, 5.41) is 4.18. The van der Waals surface area contributed by atoms with E-state index in [4.69, 9.17) is 26.3 Å². The van der Waals surface area contributed by atoms with Crippen molar-refractivity contribution in [3.05, 3.63) is 39.9 Å². The predicted octanol–water partition coefficient (Wildman–Crippen LogP) is 4.93. The Hall–Kier alpha value is -3.18. The van der Waals surface area contributed by atoms with E-state index in [0.29, 0.717) is 64.9 Å². The molecule has 4 aromatic heterocycles. The van der Waals surface area contributed by atoms with Crippen LogP contribution in [0.5, 0.6) is 0 Å². The number of rotatable bonds is 5. The zero-order chi connectivity index (χ0) is 26.4. The van der Waals surface area contributed by atoms with Crippen molar-refractivity contribution in [2.75, 3.05) is 13.2 Å². The fourth-order valence-electron chi connectivity index (χ4n) is 5.67. The minimum Gasteiger partial charge on any atom is -0.381 e. The fourth-order valence-corrected chi connectivity index (χ4v) is 5.84. The van der Waals surface area contributed by atoms with Crippen molar-refractivity contribution >= 4 is 22.8 Å². The number of nitrogens with zero attached hydrogens (tertiary/aromatic N) is 6. The van der Waals surface area contributed by atoms with Gasteiger partial charge in [0.2, 0.25) is 11.6 Å². The van der Waals surface area contributed by atoms with E-state index in [1.54, 1.807) is 12.3 Å². The first-order chi connectivity index (χ1) is 18.3. The Bertz CT molecular complexity index is 1530. The molecule has 2 unspecified atom stereocenters. The van der Waals surface area contributed by atoms with E-state index in [1.165, 1.54) is 6.20 Å². The van der Waals surface area contributed by atoms with Crippen molar-refractivity contribution in [3.8, 4) is 22.9 Å². The Morgan fingerprint density at radius 3 is 2.71 bits per heavy atom. The van der Waals surface area contributed by atoms with Gasteiger partial charge in [0.15, 0.2) is 11.3 Å². The summed E-state index contributed by atoms with van der Waals surface area (Å²) in [6.07, 6.45) is 7.78. The third kappa shape index (κ3) is 4.51. The number of hydrogen-bond acceptors (Lipinski definition) is 8. The molecule has 1 N–H and O–H groups in total. The van der Waals surface area contributed by atoms with Crippen LogP contribution in [0.2, 0.25) is 5.02 Å². The molecular weight excluding hydrogens is 513 g/mol. The van der Waals surface area contributed by atoms with Crippen LogP contribution in [0.15, 0.2) is 27.8 Å². The normalized spacial score (nSPS) is 26.2. The summed E-state index contributed by atoms with van der Waals surface area (Å²) in [7, 11) is 0. The van der Waals surface area contributed by atoms with Gasteiger partial charge in [-0.3, -0.25) is 14.5 Å². The zero-order valence-electron chi connectivity index (χ0n) is 21.3. The number of hydrogen-bond donors (Lipinski definition) is 1. The van der Waals surface area contributed by atoms with Gasteiger partial charge in [-0.05, 0) is 30.7 Å². The average molecular weight is 542 g/mol. The summed E-state index contributed by atoms with van der Waals surface area (Å²) in [5.41, 5.74) is 0.314. The number of aromatic amines is 1. The van der Waals surface area contributed by atoms with Crippen LogP contribution < -0.4 is 5.76 Å². The van der Waals surface area contributed by atoms with Crippen molar-refractivity contribution in [1.82, 2.24) is 34.6 Å². The first-order valence-electron chi connectivity index (χ1n) is 13.0. The number of aromatic nitrogens is 7. The maximum absolute atomic E-state index is 16.9. The van der Waals surface area contributed by atoms with Gasteiger partial charge >= 0.3 is 5.76 Å². The Labute approximate surface area is 223 Å². The molecule has 1 aliphatic carbocycles. The van der Waals surface area contributed by atoms with Crippen LogP contribution in [0, 0.1) is 17.8 Å². The number of H-pyrrole nitrogens is 1. The van der Waals surface area contributed by atoms with Crippen molar-refractivity contribution < 1.29 is 13.7 Å². The lowest BCUT2D eigenvalue weighted by molar-refractivity contribution is -0.0651. The molecule has 2 atom stereocenters. The smallest absolute Gasteiger partial charge is 0.381 e. The largest absolute Gasteiger partial charge is 0.439 e. The molecule has 0 radical (unpaired) electrons. The number of ether oxygens (including phenoxy) is 1. The molecule has 12 heteroatoms. The van der Waals surface area contributed by atoms with Gasteiger partial charge in [-0.1, -0.05) is 43.4 Å². The standard InChI is InChI=1S/C26H29ClFN7O3/c1-14-3-5-16(6-4-14)12-35-20-19(17-9-18(27)11-29-10-17)30-22(23-33-25(36)38-34-23)31-21(20)32-24(35)26(28)7-8-37-13-15(26)2/h9-11,14-16H,3-8,12-13H2,1-2H3,(H,33,34,36). The number of imidazole rings is 1. The van der Waals surface area contributed by atoms with Gasteiger partial charge < -0.3 is 9.30 Å². The SMILES string of the molecule is CC1CCC(Cn2c(C3(F)CCOCC3C)nc3nc(-c4noc(=O)[nH]4)nc(-c4cncc(Cl)c4)c32)CC1. The molecule has 6 rings (SSSR count). The van der Waals surface area contributed by atoms with Crippen LogP contribution in [0.3, 0.4) is 0 Å². The summed E-state index contributed by atoms with van der Waals surface area (Å²) in [5.74, 6) is 0.432. The summed E-state index contributed by atoms with van der Waals surface area (Å²) >= 11 is 6.31. The number of fused-ring (bicyclic) bond motifs is 1. The number of pyridine rings is 1. The lowest BCUT2D eigenvalue weighted by Crippen LogP contribution is -2.40. The molecule has 2 fully saturated rings. The quantitative estimate of drug-likeness (QED) is 0.377. The molecule has 10 nitrogen and oxygen atoms in total. The Morgan fingerprint density at radius 2 is 2.00 bits per heavy atom. The minimum absolute atomic E-state index is 0.0555. The second-order valence-electron chi connectivity index (χ2n) is 10.7. The summed E-state index contributed by atoms with van der Waals surface area (Å²) in [4.78, 5) is 32.6. The predicted molar refractivity (Wildman–Crippen MR) is 138 cm³/mol. The van der Waals surface area contributed by atoms with Crippen LogP contribution in [0.4, 0.5) is 4.39 Å². The number of alkyl halides is 1. The van der Waals surface area contributed by atoms with Crippen LogP contribution in [0.1, 0.15) is 51.8 Å². The van der Waals surface area contributed by atoms with Gasteiger partial charge in [-0.2, -0.15) is 0 Å². The van der Waals surface area contributed by atoms with E-state index >= 15 is 4.39 Å². The number of nitrogens with one attached hydrogen (secondary N) is 1. The van der Waals surface area contributed by atoms with E-state index in [-0.39, 0.29) is 18.1 Å². The van der Waals surface area contributed by atoms with Crippen LogP contribution >= 0.6 is 11.6 Å². The summed E-state index contributed by atoms with van der Waals surface area (Å²) < 4.78 is 29.2. The molecule has 1 saturated heterocycles. The fraction of sp³-hybridized carbons (Fsp3) is 0.538. The van der Waals surface area contributed by atoms with Crippen molar-refractivity contribution in [1.29, 1.82) is 0 Å². The zero-order valence-corrected chi connectivity index (χ0v) is 22.0. The third-order valence-corrected chi connectivity index (χ3v) is 8.15. The van der Waals surface area contributed by atoms with E-state index in [2.05, 4.69) is 31.6 Å². The first-order valence-corrected chi connectivity index (χ1v) is 13.4. The molecular formula is C26H29ClFN7O3. The Kier molecular flexibility index (Phi) is 6.51. The lowest BCUT2D eigenvalue weighted by atomic mass is 9.82. The monoisotopic (exact) mass is 541 g/mol. The van der Waals surface area contributed by atoms with Gasteiger partial charge in [-0.25, -0.2) is 24.1 Å². The van der Waals surface area contributed by atoms with Crippen molar-refractivity contribution in [2.45, 2.75) is 58.2 Å². The van der Waals surface area contributed by atoms with Gasteiger partial charge in [0.1, 0.15) is 17.0 Å². The highest BCUT2D eigenvalue weighted by Gasteiger charge is 2.46. The molecule has 1 aliphatic heterocycles. The van der Waals surface area contributed by atoms with E-state index in [0.717, 1.165) is 25.7 Å². The molecule has 2 aliphatic rings. The number of halogens is 2. The molecule has 0 amide bonds. The highest BCUT2D eigenvalue weighted by Crippen LogP contribution is 2.43. The first kappa shape index (κ1) is 25.1. The second kappa shape index (κ2) is 9.85. The molecule has 5 heterocycles. The van der Waals surface area contributed by atoms with Crippen LogP contribution in [-0.4, -0.2) is 47.9 Å². The van der Waals surface area contributed by atoms with E-state index in [1.807, 2.05) is 11.5 Å². The van der Waals surface area contributed by atoms with Gasteiger partial charge in [0, 0.05) is 36.8 Å². The Morgan fingerprint density at radius 1 is 1.18 bits per heavy atom. The lowest BCUT2D eigenvalue weighted by Gasteiger charge is -2.36. The minimum atomic E-state index is -1.70. The highest BCUT2D eigenvalue weighted by atomic mass is 35.5. The molecule has 0 bridgehead atoms. The highest BCUT2D eigenvalue weighted by molar-refractivity contribution is 6.30. The van der Waals surface area contributed by atoms with Gasteiger partial charge in [0.05, 0.1) is 18.2 Å². The molecule has 38 heavy (non-hydrogen) atoms. The van der Waals surface area contributed by atoms with E-state index < -0.39 is 17.3 Å². The van der Waals surface area contributed by atoms with Crippen molar-refractivity contribution in [3.63, 3.8) is 0 Å². The van der Waals surface area contributed by atoms with Gasteiger partial charge in [0.25, 0.3) is 0 Å². The molecule has 4 aromatic rings. The molecule has 0 aromatic carbocycles. The second-order valence-corrected chi connectivity index (χ2v) is 11.1. The maximum Gasteiger partial charge on any atom is 0.439 e. The van der Waals surface area contributed by atoms with Crippen LogP contribution in [0.25, 0.3) is 34.1 Å².